The molecule has 1 aliphatic heterocycles. The van der Waals surface area contributed by atoms with Gasteiger partial charge in [0, 0.05) is 43.5 Å². The summed E-state index contributed by atoms with van der Waals surface area (Å²) >= 11 is 0. The lowest BCUT2D eigenvalue weighted by Gasteiger charge is -2.45. The Morgan fingerprint density at radius 3 is 2.63 bits per heavy atom. The van der Waals surface area contributed by atoms with E-state index in [0.717, 1.165) is 37.6 Å². The van der Waals surface area contributed by atoms with Crippen LogP contribution in [0.1, 0.15) is 19.4 Å². The molecule has 4 heteroatoms. The Kier molecular flexibility index (Phi) is 4.02. The van der Waals surface area contributed by atoms with Crippen molar-refractivity contribution in [2.24, 2.45) is 0 Å². The standard InChI is InChI=1S/C15H25N3O/c1-15(2)11-18(8-7-17(15)3)10-12-5-6-13(19-4)9-14(12)16/h5-6,9H,7-8,10-11,16H2,1-4H3. The fourth-order valence-electron chi connectivity index (χ4n) is 2.56. The molecule has 1 heterocycles. The van der Waals surface area contributed by atoms with Gasteiger partial charge in [-0.2, -0.15) is 0 Å². The number of anilines is 1. The third kappa shape index (κ3) is 3.19. The number of piperazine rings is 1. The topological polar surface area (TPSA) is 41.7 Å². The second kappa shape index (κ2) is 5.39. The van der Waals surface area contributed by atoms with E-state index in [4.69, 9.17) is 10.5 Å². The predicted octanol–water partition coefficient (Wildman–Crippen LogP) is 1.80. The van der Waals surface area contributed by atoms with Crippen LogP contribution < -0.4 is 10.5 Å². The smallest absolute Gasteiger partial charge is 0.120 e. The molecule has 0 unspecified atom stereocenters. The lowest BCUT2D eigenvalue weighted by Crippen LogP contribution is -2.57. The number of likely N-dealkylation sites (N-methyl/N-ethyl adjacent to an activating group) is 1. The number of methoxy groups -OCH3 is 1. The highest BCUT2D eigenvalue weighted by molar-refractivity contribution is 5.51. The van der Waals surface area contributed by atoms with Gasteiger partial charge in [0.1, 0.15) is 5.75 Å². The number of rotatable bonds is 3. The van der Waals surface area contributed by atoms with Crippen LogP contribution in [-0.4, -0.2) is 49.1 Å². The molecule has 0 saturated carbocycles. The summed E-state index contributed by atoms with van der Waals surface area (Å²) in [5.41, 5.74) is 8.31. The highest BCUT2D eigenvalue weighted by Gasteiger charge is 2.30. The van der Waals surface area contributed by atoms with Crippen molar-refractivity contribution in [2.75, 3.05) is 39.5 Å². The van der Waals surface area contributed by atoms with Gasteiger partial charge in [0.2, 0.25) is 0 Å². The highest BCUT2D eigenvalue weighted by atomic mass is 16.5. The van der Waals surface area contributed by atoms with E-state index in [2.05, 4.69) is 36.8 Å². The van der Waals surface area contributed by atoms with E-state index in [1.165, 1.54) is 5.56 Å². The zero-order chi connectivity index (χ0) is 14.0. The molecular formula is C15H25N3O. The molecule has 2 N–H and O–H groups in total. The number of benzene rings is 1. The lowest BCUT2D eigenvalue weighted by molar-refractivity contribution is 0.0361. The minimum absolute atomic E-state index is 0.222. The van der Waals surface area contributed by atoms with Crippen molar-refractivity contribution in [1.29, 1.82) is 0 Å². The Hall–Kier alpha value is -1.26. The Balaban J connectivity index is 2.06. The molecule has 1 aliphatic rings. The molecule has 1 saturated heterocycles. The first kappa shape index (κ1) is 14.2. The summed E-state index contributed by atoms with van der Waals surface area (Å²) < 4.78 is 5.19. The lowest BCUT2D eigenvalue weighted by atomic mass is 9.99. The van der Waals surface area contributed by atoms with E-state index in [9.17, 15) is 0 Å². The SMILES string of the molecule is COc1ccc(CN2CCN(C)C(C)(C)C2)c(N)c1. The Labute approximate surface area is 116 Å². The van der Waals surface area contributed by atoms with Gasteiger partial charge in [0.15, 0.2) is 0 Å². The zero-order valence-electron chi connectivity index (χ0n) is 12.4. The number of nitrogens with two attached hydrogens (primary N) is 1. The van der Waals surface area contributed by atoms with Crippen LogP contribution in [0.4, 0.5) is 5.69 Å². The molecule has 0 aliphatic carbocycles. The molecule has 0 bridgehead atoms. The van der Waals surface area contributed by atoms with Crippen LogP contribution in [0.25, 0.3) is 0 Å². The van der Waals surface area contributed by atoms with Crippen LogP contribution in [-0.2, 0) is 6.54 Å². The second-order valence-corrected chi connectivity index (χ2v) is 6.01. The minimum Gasteiger partial charge on any atom is -0.497 e. The zero-order valence-corrected chi connectivity index (χ0v) is 12.4. The van der Waals surface area contributed by atoms with Gasteiger partial charge in [-0.1, -0.05) is 6.07 Å². The summed E-state index contributed by atoms with van der Waals surface area (Å²) in [5, 5.41) is 0. The maximum Gasteiger partial charge on any atom is 0.120 e. The first-order chi connectivity index (χ1) is 8.92. The monoisotopic (exact) mass is 263 g/mol. The third-order valence-electron chi connectivity index (χ3n) is 4.14. The van der Waals surface area contributed by atoms with E-state index in [1.807, 2.05) is 12.1 Å². The van der Waals surface area contributed by atoms with E-state index in [0.29, 0.717) is 0 Å². The van der Waals surface area contributed by atoms with Gasteiger partial charge in [-0.25, -0.2) is 0 Å². The Morgan fingerprint density at radius 2 is 2.05 bits per heavy atom. The average Bonchev–Trinajstić information content (AvgIpc) is 2.36. The molecule has 1 aromatic carbocycles. The van der Waals surface area contributed by atoms with Crippen LogP contribution >= 0.6 is 0 Å². The molecule has 0 radical (unpaired) electrons. The molecule has 19 heavy (non-hydrogen) atoms. The summed E-state index contributed by atoms with van der Waals surface area (Å²) in [6, 6.07) is 5.95. The van der Waals surface area contributed by atoms with Crippen molar-refractivity contribution in [3.05, 3.63) is 23.8 Å². The first-order valence-corrected chi connectivity index (χ1v) is 6.78. The van der Waals surface area contributed by atoms with Crippen LogP contribution in [0.3, 0.4) is 0 Å². The minimum atomic E-state index is 0.222. The third-order valence-corrected chi connectivity index (χ3v) is 4.14. The molecule has 2 rings (SSSR count). The number of hydrogen-bond donors (Lipinski definition) is 1. The number of hydrogen-bond acceptors (Lipinski definition) is 4. The van der Waals surface area contributed by atoms with E-state index < -0.39 is 0 Å². The first-order valence-electron chi connectivity index (χ1n) is 6.78. The molecule has 106 valence electrons. The molecule has 1 aromatic rings. The molecule has 0 aromatic heterocycles. The number of ether oxygens (including phenoxy) is 1. The maximum absolute atomic E-state index is 6.09. The van der Waals surface area contributed by atoms with Crippen molar-refractivity contribution in [3.63, 3.8) is 0 Å². The number of nitrogens with zero attached hydrogens (tertiary/aromatic N) is 2. The molecule has 0 amide bonds. The largest absolute Gasteiger partial charge is 0.497 e. The Bertz CT molecular complexity index is 445. The quantitative estimate of drug-likeness (QED) is 0.844. The summed E-state index contributed by atoms with van der Waals surface area (Å²) in [6.07, 6.45) is 0. The van der Waals surface area contributed by atoms with Crippen molar-refractivity contribution in [1.82, 2.24) is 9.80 Å². The summed E-state index contributed by atoms with van der Waals surface area (Å²) in [6.45, 7) is 8.74. The maximum atomic E-state index is 6.09. The van der Waals surface area contributed by atoms with Crippen LogP contribution in [0, 0.1) is 0 Å². The van der Waals surface area contributed by atoms with Crippen molar-refractivity contribution in [3.8, 4) is 5.75 Å². The second-order valence-electron chi connectivity index (χ2n) is 6.01. The van der Waals surface area contributed by atoms with Crippen molar-refractivity contribution in [2.45, 2.75) is 25.9 Å². The van der Waals surface area contributed by atoms with E-state index >= 15 is 0 Å². The van der Waals surface area contributed by atoms with E-state index in [1.54, 1.807) is 7.11 Å². The predicted molar refractivity (Wildman–Crippen MR) is 79.4 cm³/mol. The van der Waals surface area contributed by atoms with Crippen LogP contribution in [0.5, 0.6) is 5.75 Å². The van der Waals surface area contributed by atoms with Crippen LogP contribution in [0.15, 0.2) is 18.2 Å². The molecule has 4 nitrogen and oxygen atoms in total. The van der Waals surface area contributed by atoms with Gasteiger partial charge in [-0.3, -0.25) is 9.80 Å². The highest BCUT2D eigenvalue weighted by Crippen LogP contribution is 2.24. The Morgan fingerprint density at radius 1 is 1.32 bits per heavy atom. The summed E-state index contributed by atoms with van der Waals surface area (Å²) in [5.74, 6) is 0.819. The summed E-state index contributed by atoms with van der Waals surface area (Å²) in [4.78, 5) is 4.89. The normalized spacial score (nSPS) is 20.4. The van der Waals surface area contributed by atoms with Gasteiger partial charge in [0.25, 0.3) is 0 Å². The molecule has 0 atom stereocenters. The molecule has 1 fully saturated rings. The summed E-state index contributed by atoms with van der Waals surface area (Å²) in [7, 11) is 3.86. The molecular weight excluding hydrogens is 238 g/mol. The van der Waals surface area contributed by atoms with Crippen molar-refractivity contribution < 1.29 is 4.74 Å². The van der Waals surface area contributed by atoms with Crippen molar-refractivity contribution >= 4 is 5.69 Å². The van der Waals surface area contributed by atoms with E-state index in [-0.39, 0.29) is 5.54 Å². The van der Waals surface area contributed by atoms with Crippen LogP contribution in [0.2, 0.25) is 0 Å². The van der Waals surface area contributed by atoms with Gasteiger partial charge < -0.3 is 10.5 Å². The van der Waals surface area contributed by atoms with Gasteiger partial charge >= 0.3 is 0 Å². The molecule has 0 spiro atoms. The van der Waals surface area contributed by atoms with Gasteiger partial charge in [0.05, 0.1) is 7.11 Å². The fraction of sp³-hybridized carbons (Fsp3) is 0.600. The van der Waals surface area contributed by atoms with Gasteiger partial charge in [-0.15, -0.1) is 0 Å². The van der Waals surface area contributed by atoms with Gasteiger partial charge in [-0.05, 0) is 32.5 Å². The fourth-order valence-corrected chi connectivity index (χ4v) is 2.56. The average molecular weight is 263 g/mol. The number of nitrogen functional groups attached to an aromatic ring is 1.